The van der Waals surface area contributed by atoms with Crippen LogP contribution in [-0.2, 0) is 6.54 Å². The standard InChI is InChI=1S/C12H17N5/c1-11-8-15-12(16-9-11)14-4-2-3-6-17-7-5-13-10-17/h5,7-10H,2-4,6H2,1H3,(H,14,15,16). The van der Waals surface area contributed by atoms with E-state index in [4.69, 9.17) is 0 Å². The third-order valence-corrected chi connectivity index (χ3v) is 2.47. The molecule has 0 amide bonds. The highest BCUT2D eigenvalue weighted by molar-refractivity contribution is 5.23. The van der Waals surface area contributed by atoms with E-state index in [1.54, 1.807) is 6.20 Å². The van der Waals surface area contributed by atoms with Crippen molar-refractivity contribution in [2.24, 2.45) is 0 Å². The highest BCUT2D eigenvalue weighted by Gasteiger charge is 1.95. The highest BCUT2D eigenvalue weighted by Crippen LogP contribution is 2.00. The van der Waals surface area contributed by atoms with E-state index in [9.17, 15) is 0 Å². The average Bonchev–Trinajstić information content (AvgIpc) is 2.84. The van der Waals surface area contributed by atoms with E-state index in [2.05, 4.69) is 24.8 Å². The fraction of sp³-hybridized carbons (Fsp3) is 0.417. The van der Waals surface area contributed by atoms with Crippen molar-refractivity contribution in [3.8, 4) is 0 Å². The van der Waals surface area contributed by atoms with Crippen LogP contribution in [0.3, 0.4) is 0 Å². The van der Waals surface area contributed by atoms with Crippen LogP contribution in [0.1, 0.15) is 18.4 Å². The molecule has 90 valence electrons. The molecule has 0 radical (unpaired) electrons. The molecular formula is C12H17N5. The zero-order chi connectivity index (χ0) is 11.9. The molecule has 0 aliphatic carbocycles. The summed E-state index contributed by atoms with van der Waals surface area (Å²) in [6, 6.07) is 0. The maximum Gasteiger partial charge on any atom is 0.222 e. The minimum atomic E-state index is 0.707. The number of hydrogen-bond donors (Lipinski definition) is 1. The molecule has 5 heteroatoms. The maximum absolute atomic E-state index is 4.19. The van der Waals surface area contributed by atoms with Gasteiger partial charge in [0.25, 0.3) is 0 Å². The Morgan fingerprint density at radius 3 is 2.76 bits per heavy atom. The van der Waals surface area contributed by atoms with Crippen LogP contribution in [-0.4, -0.2) is 26.1 Å². The fourth-order valence-corrected chi connectivity index (χ4v) is 1.52. The first-order valence-corrected chi connectivity index (χ1v) is 5.83. The van der Waals surface area contributed by atoms with E-state index >= 15 is 0 Å². The van der Waals surface area contributed by atoms with Gasteiger partial charge in [0, 0.05) is 37.9 Å². The lowest BCUT2D eigenvalue weighted by molar-refractivity contribution is 0.620. The Balaban J connectivity index is 1.61. The molecule has 0 aliphatic heterocycles. The van der Waals surface area contributed by atoms with Gasteiger partial charge < -0.3 is 9.88 Å². The monoisotopic (exact) mass is 231 g/mol. The van der Waals surface area contributed by atoms with Gasteiger partial charge in [-0.1, -0.05) is 0 Å². The number of aryl methyl sites for hydroxylation is 2. The van der Waals surface area contributed by atoms with Crippen molar-refractivity contribution in [2.45, 2.75) is 26.3 Å². The van der Waals surface area contributed by atoms with Gasteiger partial charge in [0.1, 0.15) is 0 Å². The van der Waals surface area contributed by atoms with E-state index in [1.165, 1.54) is 0 Å². The van der Waals surface area contributed by atoms with Gasteiger partial charge in [-0.15, -0.1) is 0 Å². The van der Waals surface area contributed by atoms with Crippen molar-refractivity contribution in [1.82, 2.24) is 19.5 Å². The van der Waals surface area contributed by atoms with Crippen molar-refractivity contribution in [3.05, 3.63) is 36.7 Å². The van der Waals surface area contributed by atoms with Crippen LogP contribution in [0.15, 0.2) is 31.1 Å². The van der Waals surface area contributed by atoms with Crippen molar-refractivity contribution in [2.75, 3.05) is 11.9 Å². The first-order valence-electron chi connectivity index (χ1n) is 5.83. The number of aromatic nitrogens is 4. The largest absolute Gasteiger partial charge is 0.354 e. The van der Waals surface area contributed by atoms with Crippen LogP contribution in [0.5, 0.6) is 0 Å². The Bertz CT molecular complexity index is 421. The molecule has 0 fully saturated rings. The Kier molecular flexibility index (Phi) is 4.07. The van der Waals surface area contributed by atoms with Crippen LogP contribution in [0.2, 0.25) is 0 Å². The summed E-state index contributed by atoms with van der Waals surface area (Å²) in [7, 11) is 0. The molecule has 0 saturated carbocycles. The topological polar surface area (TPSA) is 55.6 Å². The summed E-state index contributed by atoms with van der Waals surface area (Å²) in [4.78, 5) is 12.4. The Morgan fingerprint density at radius 2 is 2.06 bits per heavy atom. The third-order valence-electron chi connectivity index (χ3n) is 2.47. The minimum Gasteiger partial charge on any atom is -0.354 e. The van der Waals surface area contributed by atoms with Gasteiger partial charge in [-0.3, -0.25) is 0 Å². The molecule has 0 aliphatic rings. The minimum absolute atomic E-state index is 0.707. The number of anilines is 1. The molecular weight excluding hydrogens is 214 g/mol. The van der Waals surface area contributed by atoms with Crippen molar-refractivity contribution in [1.29, 1.82) is 0 Å². The van der Waals surface area contributed by atoms with Gasteiger partial charge in [0.15, 0.2) is 0 Å². The number of hydrogen-bond acceptors (Lipinski definition) is 4. The Morgan fingerprint density at radius 1 is 1.24 bits per heavy atom. The van der Waals surface area contributed by atoms with Crippen LogP contribution >= 0.6 is 0 Å². The molecule has 0 atom stereocenters. The van der Waals surface area contributed by atoms with E-state index < -0.39 is 0 Å². The molecule has 0 saturated heterocycles. The quantitative estimate of drug-likeness (QED) is 0.771. The second kappa shape index (κ2) is 5.98. The Hall–Kier alpha value is -1.91. The molecule has 2 heterocycles. The third kappa shape index (κ3) is 3.86. The maximum atomic E-state index is 4.19. The molecule has 1 N–H and O–H groups in total. The second-order valence-corrected chi connectivity index (χ2v) is 4.02. The van der Waals surface area contributed by atoms with Crippen molar-refractivity contribution < 1.29 is 0 Å². The summed E-state index contributed by atoms with van der Waals surface area (Å²) in [6.45, 7) is 3.89. The van der Waals surface area contributed by atoms with Crippen LogP contribution < -0.4 is 5.32 Å². The molecule has 0 aromatic carbocycles. The first kappa shape index (κ1) is 11.6. The normalized spacial score (nSPS) is 10.4. The number of imidazole rings is 1. The van der Waals surface area contributed by atoms with E-state index in [1.807, 2.05) is 31.8 Å². The predicted molar refractivity (Wildman–Crippen MR) is 66.7 cm³/mol. The summed E-state index contributed by atoms with van der Waals surface area (Å²) in [5.41, 5.74) is 1.08. The lowest BCUT2D eigenvalue weighted by atomic mass is 10.3. The van der Waals surface area contributed by atoms with E-state index in [0.717, 1.165) is 31.5 Å². The number of nitrogens with one attached hydrogen (secondary N) is 1. The summed E-state index contributed by atoms with van der Waals surface area (Å²) in [5, 5.41) is 3.20. The van der Waals surface area contributed by atoms with Gasteiger partial charge in [0.05, 0.1) is 6.33 Å². The molecule has 2 aromatic heterocycles. The van der Waals surface area contributed by atoms with Crippen LogP contribution in [0, 0.1) is 6.92 Å². The summed E-state index contributed by atoms with van der Waals surface area (Å²) in [6.07, 6.45) is 11.5. The van der Waals surface area contributed by atoms with Gasteiger partial charge >= 0.3 is 0 Å². The lowest BCUT2D eigenvalue weighted by Crippen LogP contribution is -2.06. The Labute approximate surface area is 101 Å². The second-order valence-electron chi connectivity index (χ2n) is 4.02. The summed E-state index contributed by atoms with van der Waals surface area (Å²) in [5.74, 6) is 0.707. The number of rotatable bonds is 6. The lowest BCUT2D eigenvalue weighted by Gasteiger charge is -2.05. The highest BCUT2D eigenvalue weighted by atomic mass is 15.1. The molecule has 2 aromatic rings. The molecule has 0 bridgehead atoms. The number of unbranched alkanes of at least 4 members (excludes halogenated alkanes) is 1. The van der Waals surface area contributed by atoms with Crippen LogP contribution in [0.25, 0.3) is 0 Å². The summed E-state index contributed by atoms with van der Waals surface area (Å²) < 4.78 is 2.09. The van der Waals surface area contributed by atoms with Gasteiger partial charge in [-0.05, 0) is 25.3 Å². The van der Waals surface area contributed by atoms with Crippen molar-refractivity contribution >= 4 is 5.95 Å². The molecule has 0 spiro atoms. The zero-order valence-corrected chi connectivity index (χ0v) is 10.0. The smallest absolute Gasteiger partial charge is 0.222 e. The van der Waals surface area contributed by atoms with E-state index in [-0.39, 0.29) is 0 Å². The molecule has 5 nitrogen and oxygen atoms in total. The number of nitrogens with zero attached hydrogens (tertiary/aromatic N) is 4. The zero-order valence-electron chi connectivity index (χ0n) is 10.0. The molecule has 2 rings (SSSR count). The molecule has 17 heavy (non-hydrogen) atoms. The first-order chi connectivity index (χ1) is 8.34. The fourth-order valence-electron chi connectivity index (χ4n) is 1.52. The molecule has 0 unspecified atom stereocenters. The predicted octanol–water partition coefficient (Wildman–Crippen LogP) is 1.87. The van der Waals surface area contributed by atoms with Gasteiger partial charge in [-0.25, -0.2) is 15.0 Å². The van der Waals surface area contributed by atoms with Gasteiger partial charge in [0.2, 0.25) is 5.95 Å². The van der Waals surface area contributed by atoms with E-state index in [0.29, 0.717) is 5.95 Å². The average molecular weight is 231 g/mol. The summed E-state index contributed by atoms with van der Waals surface area (Å²) >= 11 is 0. The van der Waals surface area contributed by atoms with Gasteiger partial charge in [-0.2, -0.15) is 0 Å². The SMILES string of the molecule is Cc1cnc(NCCCCn2ccnc2)nc1. The van der Waals surface area contributed by atoms with Crippen molar-refractivity contribution in [3.63, 3.8) is 0 Å². The van der Waals surface area contributed by atoms with Crippen LogP contribution in [0.4, 0.5) is 5.95 Å².